The SMILES string of the molecule is CCOC(=O)/C=C/c1ccc(/C(=C\C/C=C\CCl)C2=CCCN2)cc1. The Balaban J connectivity index is 2.14. The van der Waals surface area contributed by atoms with Crippen LogP contribution in [-0.2, 0) is 9.53 Å². The van der Waals surface area contributed by atoms with Crippen molar-refractivity contribution >= 4 is 29.2 Å². The predicted octanol–water partition coefficient (Wildman–Crippen LogP) is 4.71. The Morgan fingerprint density at radius 3 is 2.72 bits per heavy atom. The molecule has 0 saturated heterocycles. The molecule has 0 saturated carbocycles. The van der Waals surface area contributed by atoms with Gasteiger partial charge in [0.2, 0.25) is 0 Å². The van der Waals surface area contributed by atoms with Gasteiger partial charge in [0.15, 0.2) is 0 Å². The molecule has 0 aromatic heterocycles. The van der Waals surface area contributed by atoms with Gasteiger partial charge in [-0.05, 0) is 37.0 Å². The Kier molecular flexibility index (Phi) is 8.06. The molecule has 1 aromatic rings. The Morgan fingerprint density at radius 2 is 2.08 bits per heavy atom. The van der Waals surface area contributed by atoms with E-state index in [-0.39, 0.29) is 5.97 Å². The number of benzene rings is 1. The van der Waals surface area contributed by atoms with Crippen molar-refractivity contribution in [1.29, 1.82) is 0 Å². The minimum absolute atomic E-state index is 0.321. The first-order chi connectivity index (χ1) is 12.2. The number of ether oxygens (including phenoxy) is 1. The van der Waals surface area contributed by atoms with Crippen LogP contribution in [0.3, 0.4) is 0 Å². The molecule has 1 N–H and O–H groups in total. The van der Waals surface area contributed by atoms with Crippen LogP contribution in [0, 0.1) is 0 Å². The van der Waals surface area contributed by atoms with E-state index in [1.807, 2.05) is 18.2 Å². The van der Waals surface area contributed by atoms with Crippen molar-refractivity contribution in [3.8, 4) is 0 Å². The highest BCUT2D eigenvalue weighted by Crippen LogP contribution is 2.25. The van der Waals surface area contributed by atoms with Gasteiger partial charge >= 0.3 is 5.97 Å². The number of rotatable bonds is 8. The van der Waals surface area contributed by atoms with Crippen molar-refractivity contribution in [1.82, 2.24) is 5.32 Å². The van der Waals surface area contributed by atoms with Gasteiger partial charge in [-0.3, -0.25) is 0 Å². The molecule has 3 nitrogen and oxygen atoms in total. The highest BCUT2D eigenvalue weighted by molar-refractivity contribution is 6.18. The van der Waals surface area contributed by atoms with E-state index in [1.54, 1.807) is 13.0 Å². The maximum absolute atomic E-state index is 11.4. The summed E-state index contributed by atoms with van der Waals surface area (Å²) in [6.07, 6.45) is 13.6. The molecule has 0 amide bonds. The Hall–Kier alpha value is -2.26. The van der Waals surface area contributed by atoms with Gasteiger partial charge in [0.05, 0.1) is 6.61 Å². The molecule has 2 rings (SSSR count). The summed E-state index contributed by atoms with van der Waals surface area (Å²) in [5.74, 6) is 0.213. The van der Waals surface area contributed by atoms with Crippen molar-refractivity contribution in [3.05, 3.63) is 71.5 Å². The van der Waals surface area contributed by atoms with Crippen LogP contribution >= 0.6 is 11.6 Å². The first kappa shape index (κ1) is 19.1. The zero-order chi connectivity index (χ0) is 17.9. The number of nitrogens with one attached hydrogen (secondary N) is 1. The molecule has 0 radical (unpaired) electrons. The van der Waals surface area contributed by atoms with E-state index in [0.29, 0.717) is 12.5 Å². The highest BCUT2D eigenvalue weighted by atomic mass is 35.5. The van der Waals surface area contributed by atoms with Crippen LogP contribution in [0.1, 0.15) is 30.9 Å². The number of allylic oxidation sites excluding steroid dienone is 4. The van der Waals surface area contributed by atoms with Gasteiger partial charge in [-0.1, -0.05) is 48.6 Å². The monoisotopic (exact) mass is 357 g/mol. The third-order valence-corrected chi connectivity index (χ3v) is 3.91. The van der Waals surface area contributed by atoms with Crippen molar-refractivity contribution in [2.75, 3.05) is 19.0 Å². The van der Waals surface area contributed by atoms with Crippen LogP contribution in [0.5, 0.6) is 0 Å². The van der Waals surface area contributed by atoms with Crippen LogP contribution in [0.25, 0.3) is 11.6 Å². The first-order valence-corrected chi connectivity index (χ1v) is 9.09. The summed E-state index contributed by atoms with van der Waals surface area (Å²) in [7, 11) is 0. The second-order valence-corrected chi connectivity index (χ2v) is 5.83. The highest BCUT2D eigenvalue weighted by Gasteiger charge is 2.10. The zero-order valence-corrected chi connectivity index (χ0v) is 15.3. The van der Waals surface area contributed by atoms with Gasteiger partial charge in [0, 0.05) is 29.8 Å². The van der Waals surface area contributed by atoms with Gasteiger partial charge in [-0.15, -0.1) is 11.6 Å². The smallest absolute Gasteiger partial charge is 0.330 e. The molecular weight excluding hydrogens is 334 g/mol. The third-order valence-electron chi connectivity index (χ3n) is 3.73. The molecule has 1 aliphatic heterocycles. The fourth-order valence-electron chi connectivity index (χ4n) is 2.56. The van der Waals surface area contributed by atoms with Gasteiger partial charge in [0.25, 0.3) is 0 Å². The normalized spacial score (nSPS) is 14.8. The van der Waals surface area contributed by atoms with E-state index in [4.69, 9.17) is 16.3 Å². The van der Waals surface area contributed by atoms with Crippen LogP contribution in [0.15, 0.2) is 60.3 Å². The number of carbonyl (C=O) groups is 1. The lowest BCUT2D eigenvalue weighted by Gasteiger charge is -2.11. The van der Waals surface area contributed by atoms with Gasteiger partial charge in [-0.25, -0.2) is 4.79 Å². The molecule has 0 spiro atoms. The number of hydrogen-bond acceptors (Lipinski definition) is 3. The Morgan fingerprint density at radius 1 is 1.28 bits per heavy atom. The molecule has 1 aromatic carbocycles. The largest absolute Gasteiger partial charge is 0.463 e. The predicted molar refractivity (Wildman–Crippen MR) is 105 cm³/mol. The Bertz CT molecular complexity index is 684. The standard InChI is InChI=1S/C21H24ClNO2/c1-2-25-21(24)14-11-17-9-12-18(13-10-17)19(7-4-3-5-15-22)20-8-6-16-23-20/h3,5,7-14,23H,2,4,6,15-16H2,1H3/b5-3-,14-11+,19-7+. The number of esters is 1. The maximum Gasteiger partial charge on any atom is 0.330 e. The molecular formula is C21H24ClNO2. The van der Waals surface area contributed by atoms with Crippen molar-refractivity contribution in [2.45, 2.75) is 19.8 Å². The summed E-state index contributed by atoms with van der Waals surface area (Å²) in [5, 5.41) is 3.43. The average Bonchev–Trinajstić information content (AvgIpc) is 3.15. The number of halogens is 1. The van der Waals surface area contributed by atoms with E-state index in [2.05, 4.69) is 35.7 Å². The van der Waals surface area contributed by atoms with E-state index < -0.39 is 0 Å². The fraction of sp³-hybridized carbons (Fsp3) is 0.286. The summed E-state index contributed by atoms with van der Waals surface area (Å²) < 4.78 is 4.89. The van der Waals surface area contributed by atoms with E-state index in [0.717, 1.165) is 30.5 Å². The fourth-order valence-corrected chi connectivity index (χ4v) is 2.68. The summed E-state index contributed by atoms with van der Waals surface area (Å²) in [4.78, 5) is 11.4. The second kappa shape index (κ2) is 10.6. The van der Waals surface area contributed by atoms with Crippen LogP contribution in [-0.4, -0.2) is 25.0 Å². The molecule has 0 aliphatic carbocycles. The van der Waals surface area contributed by atoms with E-state index >= 15 is 0 Å². The molecule has 0 unspecified atom stereocenters. The molecule has 1 heterocycles. The molecule has 4 heteroatoms. The van der Waals surface area contributed by atoms with Crippen molar-refractivity contribution in [3.63, 3.8) is 0 Å². The number of carbonyl (C=O) groups excluding carboxylic acids is 1. The third kappa shape index (κ3) is 6.28. The van der Waals surface area contributed by atoms with Crippen LogP contribution in [0.2, 0.25) is 0 Å². The van der Waals surface area contributed by atoms with Crippen molar-refractivity contribution in [2.24, 2.45) is 0 Å². The lowest BCUT2D eigenvalue weighted by atomic mass is 10.00. The molecule has 132 valence electrons. The van der Waals surface area contributed by atoms with Gasteiger partial charge in [0.1, 0.15) is 0 Å². The lowest BCUT2D eigenvalue weighted by molar-refractivity contribution is -0.137. The minimum Gasteiger partial charge on any atom is -0.463 e. The zero-order valence-electron chi connectivity index (χ0n) is 14.5. The lowest BCUT2D eigenvalue weighted by Crippen LogP contribution is -2.09. The molecule has 0 fully saturated rings. The number of alkyl halides is 1. The summed E-state index contributed by atoms with van der Waals surface area (Å²) in [5.41, 5.74) is 4.48. The average molecular weight is 358 g/mol. The van der Waals surface area contributed by atoms with E-state index in [1.165, 1.54) is 17.3 Å². The summed E-state index contributed by atoms with van der Waals surface area (Å²) in [6.45, 7) is 3.16. The van der Waals surface area contributed by atoms with Crippen molar-refractivity contribution < 1.29 is 9.53 Å². The summed E-state index contributed by atoms with van der Waals surface area (Å²) in [6, 6.07) is 8.15. The molecule has 0 bridgehead atoms. The molecule has 1 aliphatic rings. The molecule has 25 heavy (non-hydrogen) atoms. The van der Waals surface area contributed by atoms with Crippen LogP contribution < -0.4 is 5.32 Å². The first-order valence-electron chi connectivity index (χ1n) is 8.55. The maximum atomic E-state index is 11.4. The molecule has 0 atom stereocenters. The quantitative estimate of drug-likeness (QED) is 0.317. The van der Waals surface area contributed by atoms with Gasteiger partial charge < -0.3 is 10.1 Å². The second-order valence-electron chi connectivity index (χ2n) is 5.52. The van der Waals surface area contributed by atoms with Gasteiger partial charge in [-0.2, -0.15) is 0 Å². The Labute approximate surface area is 154 Å². The number of hydrogen-bond donors (Lipinski definition) is 1. The topological polar surface area (TPSA) is 38.3 Å². The minimum atomic E-state index is -0.321. The summed E-state index contributed by atoms with van der Waals surface area (Å²) >= 11 is 5.68. The van der Waals surface area contributed by atoms with E-state index in [9.17, 15) is 4.79 Å². The van der Waals surface area contributed by atoms with Crippen LogP contribution in [0.4, 0.5) is 0 Å².